The first kappa shape index (κ1) is 21.9. The van der Waals surface area contributed by atoms with Crippen LogP contribution in [0, 0.1) is 17.8 Å². The summed E-state index contributed by atoms with van der Waals surface area (Å²) in [4.78, 5) is 0. The first-order valence-electron chi connectivity index (χ1n) is 9.36. The molecule has 0 rings (SSSR count). The topological polar surface area (TPSA) is 60.2 Å². The van der Waals surface area contributed by atoms with Crippen molar-refractivity contribution >= 4 is 10.0 Å². The van der Waals surface area contributed by atoms with E-state index in [0.717, 1.165) is 25.7 Å². The van der Waals surface area contributed by atoms with E-state index >= 15 is 0 Å². The van der Waals surface area contributed by atoms with Crippen LogP contribution in [-0.2, 0) is 10.0 Å². The smallest absolute Gasteiger partial charge is 0.209 e. The third-order valence-corrected chi connectivity index (χ3v) is 5.82. The molecule has 0 saturated heterocycles. The Morgan fingerprint density at radius 1 is 0.773 bits per heavy atom. The molecule has 0 aliphatic carbocycles. The van der Waals surface area contributed by atoms with E-state index in [4.69, 9.17) is 5.14 Å². The molecule has 3 nitrogen and oxygen atoms in total. The molecule has 0 bridgehead atoms. The van der Waals surface area contributed by atoms with Gasteiger partial charge in [0.2, 0.25) is 10.0 Å². The van der Waals surface area contributed by atoms with E-state index in [9.17, 15) is 8.42 Å². The van der Waals surface area contributed by atoms with E-state index in [2.05, 4.69) is 27.7 Å². The molecule has 0 amide bonds. The van der Waals surface area contributed by atoms with E-state index < -0.39 is 10.0 Å². The van der Waals surface area contributed by atoms with E-state index in [-0.39, 0.29) is 11.7 Å². The third-order valence-electron chi connectivity index (χ3n) is 4.89. The Morgan fingerprint density at radius 3 is 1.45 bits per heavy atom. The normalized spacial score (nSPS) is 16.4. The van der Waals surface area contributed by atoms with E-state index in [0.29, 0.717) is 11.8 Å². The molecular weight excluding hydrogens is 294 g/mol. The Hall–Kier alpha value is -0.0900. The molecule has 0 radical (unpaired) electrons. The van der Waals surface area contributed by atoms with E-state index in [1.54, 1.807) is 0 Å². The van der Waals surface area contributed by atoms with Crippen LogP contribution in [0.4, 0.5) is 0 Å². The quantitative estimate of drug-likeness (QED) is 0.480. The lowest BCUT2D eigenvalue weighted by atomic mass is 9.82. The molecule has 2 N–H and O–H groups in total. The van der Waals surface area contributed by atoms with Gasteiger partial charge in [-0.1, -0.05) is 79.1 Å². The van der Waals surface area contributed by atoms with Crippen LogP contribution >= 0.6 is 0 Å². The number of hydrogen-bond donors (Lipinski definition) is 1. The highest BCUT2D eigenvalue weighted by atomic mass is 32.2. The van der Waals surface area contributed by atoms with Crippen molar-refractivity contribution in [3.8, 4) is 0 Å². The summed E-state index contributed by atoms with van der Waals surface area (Å²) >= 11 is 0. The fourth-order valence-electron chi connectivity index (χ4n) is 3.47. The van der Waals surface area contributed by atoms with Gasteiger partial charge in [0.25, 0.3) is 0 Å². The Kier molecular flexibility index (Phi) is 12.3. The average Bonchev–Trinajstić information content (AvgIpc) is 2.45. The first-order chi connectivity index (χ1) is 10.4. The highest BCUT2D eigenvalue weighted by molar-refractivity contribution is 7.89. The van der Waals surface area contributed by atoms with Gasteiger partial charge < -0.3 is 0 Å². The monoisotopic (exact) mass is 333 g/mol. The van der Waals surface area contributed by atoms with Crippen LogP contribution < -0.4 is 5.14 Å². The zero-order valence-electron chi connectivity index (χ0n) is 15.3. The van der Waals surface area contributed by atoms with Crippen LogP contribution in [0.15, 0.2) is 0 Å². The number of primary sulfonamides is 1. The minimum atomic E-state index is -3.37. The Bertz CT molecular complexity index is 336. The second-order valence-corrected chi connectivity index (χ2v) is 8.66. The van der Waals surface area contributed by atoms with Gasteiger partial charge in [-0.25, -0.2) is 13.6 Å². The van der Waals surface area contributed by atoms with E-state index in [1.807, 2.05) is 0 Å². The predicted octanol–water partition coefficient (Wildman–Crippen LogP) is 5.10. The summed E-state index contributed by atoms with van der Waals surface area (Å²) < 4.78 is 23.2. The fourth-order valence-corrected chi connectivity index (χ4v) is 4.40. The number of rotatable bonds is 14. The van der Waals surface area contributed by atoms with Crippen LogP contribution in [0.1, 0.15) is 91.9 Å². The second kappa shape index (κ2) is 12.3. The first-order valence-corrected chi connectivity index (χ1v) is 11.1. The van der Waals surface area contributed by atoms with Crippen molar-refractivity contribution in [3.63, 3.8) is 0 Å². The third kappa shape index (κ3) is 11.5. The molecule has 2 atom stereocenters. The summed E-state index contributed by atoms with van der Waals surface area (Å²) in [6, 6.07) is 0. The molecule has 2 unspecified atom stereocenters. The van der Waals surface area contributed by atoms with Crippen molar-refractivity contribution in [2.45, 2.75) is 91.9 Å². The Labute approximate surface area is 139 Å². The van der Waals surface area contributed by atoms with Crippen molar-refractivity contribution in [3.05, 3.63) is 0 Å². The molecule has 0 aromatic carbocycles. The maximum absolute atomic E-state index is 11.6. The standard InChI is InChI=1S/C18H39NO2S/c1-5-9-11-16(7-3)13-18(15-22(19,20)21)14-17(8-4)12-10-6-2/h16-18H,5-15H2,1-4H3,(H2,19,20,21). The molecule has 0 aromatic heterocycles. The molecule has 0 aromatic rings. The molecule has 0 heterocycles. The van der Waals surface area contributed by atoms with Gasteiger partial charge in [0.05, 0.1) is 5.75 Å². The lowest BCUT2D eigenvalue weighted by Crippen LogP contribution is -2.26. The Balaban J connectivity index is 4.71. The number of hydrogen-bond acceptors (Lipinski definition) is 2. The lowest BCUT2D eigenvalue weighted by molar-refractivity contribution is 0.287. The summed E-state index contributed by atoms with van der Waals surface area (Å²) in [5.41, 5.74) is 0. The minimum absolute atomic E-state index is 0.165. The second-order valence-electron chi connectivity index (χ2n) is 7.00. The van der Waals surface area contributed by atoms with Crippen LogP contribution in [0.25, 0.3) is 0 Å². The van der Waals surface area contributed by atoms with Gasteiger partial charge in [-0.2, -0.15) is 0 Å². The lowest BCUT2D eigenvalue weighted by Gasteiger charge is -2.26. The predicted molar refractivity (Wildman–Crippen MR) is 97.3 cm³/mol. The molecule has 0 saturated carbocycles. The molecular formula is C18H39NO2S. The van der Waals surface area contributed by atoms with Gasteiger partial charge in [0.15, 0.2) is 0 Å². The summed E-state index contributed by atoms with van der Waals surface area (Å²) in [5, 5.41) is 5.34. The summed E-state index contributed by atoms with van der Waals surface area (Å²) in [5.74, 6) is 1.70. The number of nitrogens with two attached hydrogens (primary N) is 1. The minimum Gasteiger partial charge on any atom is -0.229 e. The van der Waals surface area contributed by atoms with Gasteiger partial charge in [0, 0.05) is 0 Å². The molecule has 4 heteroatoms. The van der Waals surface area contributed by atoms with Crippen molar-refractivity contribution in [2.75, 3.05) is 5.75 Å². The summed E-state index contributed by atoms with van der Waals surface area (Å²) in [6.45, 7) is 8.88. The van der Waals surface area contributed by atoms with Gasteiger partial charge in [-0.3, -0.25) is 0 Å². The van der Waals surface area contributed by atoms with Gasteiger partial charge >= 0.3 is 0 Å². The average molecular weight is 334 g/mol. The Morgan fingerprint density at radius 2 is 1.18 bits per heavy atom. The van der Waals surface area contributed by atoms with Crippen LogP contribution in [0.3, 0.4) is 0 Å². The van der Waals surface area contributed by atoms with Crippen molar-refractivity contribution in [2.24, 2.45) is 22.9 Å². The molecule has 22 heavy (non-hydrogen) atoms. The molecule has 134 valence electrons. The largest absolute Gasteiger partial charge is 0.229 e. The number of sulfonamides is 1. The van der Waals surface area contributed by atoms with Crippen molar-refractivity contribution < 1.29 is 8.42 Å². The van der Waals surface area contributed by atoms with Crippen molar-refractivity contribution in [1.82, 2.24) is 0 Å². The van der Waals surface area contributed by atoms with Gasteiger partial charge in [-0.15, -0.1) is 0 Å². The highest BCUT2D eigenvalue weighted by Gasteiger charge is 2.22. The maximum Gasteiger partial charge on any atom is 0.209 e. The van der Waals surface area contributed by atoms with Crippen LogP contribution in [0.2, 0.25) is 0 Å². The summed E-state index contributed by atoms with van der Waals surface area (Å²) in [7, 11) is -3.37. The van der Waals surface area contributed by atoms with Gasteiger partial charge in [0.1, 0.15) is 0 Å². The highest BCUT2D eigenvalue weighted by Crippen LogP contribution is 2.29. The molecule has 0 aliphatic rings. The fraction of sp³-hybridized carbons (Fsp3) is 1.00. The summed E-state index contributed by atoms with van der Waals surface area (Å²) in [6.07, 6.45) is 11.7. The van der Waals surface area contributed by atoms with Crippen LogP contribution in [-0.4, -0.2) is 14.2 Å². The molecule has 0 fully saturated rings. The van der Waals surface area contributed by atoms with E-state index in [1.165, 1.54) is 38.5 Å². The van der Waals surface area contributed by atoms with Crippen molar-refractivity contribution in [1.29, 1.82) is 0 Å². The zero-order valence-corrected chi connectivity index (χ0v) is 16.1. The number of unbranched alkanes of at least 4 members (excludes halogenated alkanes) is 2. The van der Waals surface area contributed by atoms with Gasteiger partial charge in [-0.05, 0) is 30.6 Å². The maximum atomic E-state index is 11.6. The SMILES string of the molecule is CCCCC(CC)CC(CC(CC)CCCC)CS(N)(=O)=O. The zero-order chi connectivity index (χ0) is 17.0. The van der Waals surface area contributed by atoms with Crippen LogP contribution in [0.5, 0.6) is 0 Å². The molecule has 0 spiro atoms. The molecule has 0 aliphatic heterocycles.